The SMILES string of the molecule is O=C(c1ccc(-c2nc3ccccc3s2)o1)N1CCN(C(=O)C2COc3ccccc3O2)CC1. The third kappa shape index (κ3) is 3.77. The van der Waals surface area contributed by atoms with Gasteiger partial charge >= 0.3 is 0 Å². The van der Waals surface area contributed by atoms with Gasteiger partial charge in [-0.2, -0.15) is 0 Å². The van der Waals surface area contributed by atoms with Gasteiger partial charge in [0.15, 0.2) is 28.0 Å². The van der Waals surface area contributed by atoms with Crippen molar-refractivity contribution >= 4 is 33.4 Å². The van der Waals surface area contributed by atoms with Crippen LogP contribution in [0.4, 0.5) is 0 Å². The van der Waals surface area contributed by atoms with Crippen LogP contribution in [0.5, 0.6) is 11.5 Å². The van der Waals surface area contributed by atoms with Crippen molar-refractivity contribution in [3.63, 3.8) is 0 Å². The number of hydrogen-bond donors (Lipinski definition) is 0. The molecular formula is C25H21N3O5S. The van der Waals surface area contributed by atoms with Crippen LogP contribution in [0.25, 0.3) is 21.0 Å². The number of nitrogens with zero attached hydrogens (tertiary/aromatic N) is 3. The number of carbonyl (C=O) groups excluding carboxylic acids is 2. The number of furan rings is 1. The molecule has 9 heteroatoms. The summed E-state index contributed by atoms with van der Waals surface area (Å²) in [5, 5.41) is 0.743. The van der Waals surface area contributed by atoms with Crippen LogP contribution in [0.2, 0.25) is 0 Å². The molecule has 0 radical (unpaired) electrons. The van der Waals surface area contributed by atoms with Gasteiger partial charge in [-0.1, -0.05) is 24.3 Å². The minimum absolute atomic E-state index is 0.127. The van der Waals surface area contributed by atoms with E-state index in [0.717, 1.165) is 15.2 Å². The van der Waals surface area contributed by atoms with E-state index >= 15 is 0 Å². The molecule has 2 amide bonds. The second-order valence-electron chi connectivity index (χ2n) is 8.13. The molecule has 6 rings (SSSR count). The Morgan fingerprint density at radius 1 is 0.882 bits per heavy atom. The van der Waals surface area contributed by atoms with E-state index in [-0.39, 0.29) is 24.2 Å². The predicted octanol–water partition coefficient (Wildman–Crippen LogP) is 3.68. The van der Waals surface area contributed by atoms with Crippen LogP contribution in [0.1, 0.15) is 10.6 Å². The molecular weight excluding hydrogens is 454 g/mol. The molecule has 0 N–H and O–H groups in total. The lowest BCUT2D eigenvalue weighted by atomic mass is 10.2. The summed E-state index contributed by atoms with van der Waals surface area (Å²) in [7, 11) is 0. The first-order valence-electron chi connectivity index (χ1n) is 11.1. The number of ether oxygens (including phenoxy) is 2. The zero-order valence-electron chi connectivity index (χ0n) is 18.2. The van der Waals surface area contributed by atoms with Gasteiger partial charge in [-0.15, -0.1) is 11.3 Å². The van der Waals surface area contributed by atoms with Crippen LogP contribution in [-0.2, 0) is 4.79 Å². The van der Waals surface area contributed by atoms with E-state index in [1.807, 2.05) is 42.5 Å². The van der Waals surface area contributed by atoms with Gasteiger partial charge in [-0.05, 0) is 36.4 Å². The van der Waals surface area contributed by atoms with Gasteiger partial charge in [0, 0.05) is 26.2 Å². The molecule has 2 aliphatic rings. The Labute approximate surface area is 199 Å². The number of fused-ring (bicyclic) bond motifs is 2. The molecule has 0 bridgehead atoms. The Hall–Kier alpha value is -3.85. The molecule has 4 heterocycles. The Balaban J connectivity index is 1.08. The summed E-state index contributed by atoms with van der Waals surface area (Å²) >= 11 is 1.53. The Bertz CT molecular complexity index is 1340. The van der Waals surface area contributed by atoms with Crippen molar-refractivity contribution in [3.05, 3.63) is 66.4 Å². The highest BCUT2D eigenvalue weighted by Gasteiger charge is 2.34. The van der Waals surface area contributed by atoms with Crippen LogP contribution < -0.4 is 9.47 Å². The lowest BCUT2D eigenvalue weighted by molar-refractivity contribution is -0.142. The van der Waals surface area contributed by atoms with Crippen molar-refractivity contribution in [2.24, 2.45) is 0 Å². The van der Waals surface area contributed by atoms with Crippen LogP contribution >= 0.6 is 11.3 Å². The van der Waals surface area contributed by atoms with Crippen LogP contribution in [0, 0.1) is 0 Å². The highest BCUT2D eigenvalue weighted by atomic mass is 32.1. The highest BCUT2D eigenvalue weighted by molar-refractivity contribution is 7.21. The second-order valence-corrected chi connectivity index (χ2v) is 9.16. The van der Waals surface area contributed by atoms with Crippen LogP contribution in [-0.4, -0.2) is 65.5 Å². The summed E-state index contributed by atoms with van der Waals surface area (Å²) in [4.78, 5) is 34.0. The molecule has 2 aliphatic heterocycles. The Kier molecular flexibility index (Phi) is 5.18. The Morgan fingerprint density at radius 2 is 1.62 bits per heavy atom. The fourth-order valence-electron chi connectivity index (χ4n) is 4.18. The topological polar surface area (TPSA) is 85.1 Å². The summed E-state index contributed by atoms with van der Waals surface area (Å²) in [6.45, 7) is 1.88. The van der Waals surface area contributed by atoms with E-state index in [9.17, 15) is 9.59 Å². The fraction of sp³-hybridized carbons (Fsp3) is 0.240. The van der Waals surface area contributed by atoms with Crippen molar-refractivity contribution in [2.75, 3.05) is 32.8 Å². The molecule has 1 saturated heterocycles. The van der Waals surface area contributed by atoms with Crippen molar-refractivity contribution in [2.45, 2.75) is 6.10 Å². The first kappa shape index (κ1) is 20.7. The average molecular weight is 476 g/mol. The number of hydrogen-bond acceptors (Lipinski definition) is 7. The quantitative estimate of drug-likeness (QED) is 0.449. The minimum Gasteiger partial charge on any atom is -0.485 e. The molecule has 2 aromatic heterocycles. The molecule has 172 valence electrons. The smallest absolute Gasteiger partial charge is 0.289 e. The largest absolute Gasteiger partial charge is 0.485 e. The second kappa shape index (κ2) is 8.49. The lowest BCUT2D eigenvalue weighted by Gasteiger charge is -2.36. The van der Waals surface area contributed by atoms with E-state index in [1.54, 1.807) is 28.0 Å². The molecule has 0 spiro atoms. The minimum atomic E-state index is -0.682. The Morgan fingerprint density at radius 3 is 2.44 bits per heavy atom. The summed E-state index contributed by atoms with van der Waals surface area (Å²) in [5.41, 5.74) is 0.906. The van der Waals surface area contributed by atoms with Gasteiger partial charge in [-0.3, -0.25) is 9.59 Å². The van der Waals surface area contributed by atoms with E-state index in [4.69, 9.17) is 13.9 Å². The van der Waals surface area contributed by atoms with Crippen molar-refractivity contribution in [1.29, 1.82) is 0 Å². The van der Waals surface area contributed by atoms with Crippen molar-refractivity contribution < 1.29 is 23.5 Å². The van der Waals surface area contributed by atoms with E-state index in [1.165, 1.54) is 11.3 Å². The number of amides is 2. The molecule has 1 unspecified atom stereocenters. The summed E-state index contributed by atoms with van der Waals surface area (Å²) < 4.78 is 18.4. The molecule has 8 nitrogen and oxygen atoms in total. The number of benzene rings is 2. The maximum Gasteiger partial charge on any atom is 0.289 e. The molecule has 4 aromatic rings. The maximum absolute atomic E-state index is 13.0. The molecule has 0 saturated carbocycles. The molecule has 2 aromatic carbocycles. The molecule has 1 fully saturated rings. The number of para-hydroxylation sites is 3. The number of aromatic nitrogens is 1. The maximum atomic E-state index is 13.0. The van der Waals surface area contributed by atoms with E-state index < -0.39 is 6.10 Å². The van der Waals surface area contributed by atoms with Crippen molar-refractivity contribution in [3.8, 4) is 22.3 Å². The monoisotopic (exact) mass is 475 g/mol. The number of rotatable bonds is 3. The first-order valence-corrected chi connectivity index (χ1v) is 11.9. The van der Waals surface area contributed by atoms with Gasteiger partial charge in [0.1, 0.15) is 6.61 Å². The molecule has 0 aliphatic carbocycles. The van der Waals surface area contributed by atoms with Crippen molar-refractivity contribution in [1.82, 2.24) is 14.8 Å². The zero-order valence-corrected chi connectivity index (χ0v) is 19.0. The van der Waals surface area contributed by atoms with Crippen LogP contribution in [0.15, 0.2) is 65.1 Å². The van der Waals surface area contributed by atoms with Gasteiger partial charge in [0.05, 0.1) is 10.2 Å². The number of piperazine rings is 1. The fourth-order valence-corrected chi connectivity index (χ4v) is 5.10. The number of carbonyl (C=O) groups is 2. The third-order valence-electron chi connectivity index (χ3n) is 5.98. The van der Waals surface area contributed by atoms with E-state index in [0.29, 0.717) is 43.4 Å². The van der Waals surface area contributed by atoms with Gasteiger partial charge in [0.25, 0.3) is 11.8 Å². The normalized spacial score (nSPS) is 17.7. The van der Waals surface area contributed by atoms with E-state index in [2.05, 4.69) is 4.98 Å². The summed E-state index contributed by atoms with van der Waals surface area (Å²) in [6, 6.07) is 18.7. The summed E-state index contributed by atoms with van der Waals surface area (Å²) in [6.07, 6.45) is -0.682. The summed E-state index contributed by atoms with van der Waals surface area (Å²) in [5.74, 6) is 1.75. The average Bonchev–Trinajstić information content (AvgIpc) is 3.55. The molecule has 1 atom stereocenters. The lowest BCUT2D eigenvalue weighted by Crippen LogP contribution is -2.55. The number of thiazole rings is 1. The third-order valence-corrected chi connectivity index (χ3v) is 7.03. The standard InChI is InChI=1S/C25H21N3O5S/c29-24(20-10-9-19(33-20)23-26-16-5-1-4-8-22(16)34-23)27-11-13-28(14-12-27)25(30)21-15-31-17-6-2-3-7-18(17)32-21/h1-10,21H,11-15H2. The van der Waals surface area contributed by atoms with Gasteiger partial charge in [-0.25, -0.2) is 4.98 Å². The molecule has 34 heavy (non-hydrogen) atoms. The highest BCUT2D eigenvalue weighted by Crippen LogP contribution is 2.32. The van der Waals surface area contributed by atoms with Gasteiger partial charge < -0.3 is 23.7 Å². The van der Waals surface area contributed by atoms with Crippen LogP contribution in [0.3, 0.4) is 0 Å². The predicted molar refractivity (Wildman–Crippen MR) is 126 cm³/mol. The van der Waals surface area contributed by atoms with Gasteiger partial charge in [0.2, 0.25) is 6.10 Å². The zero-order chi connectivity index (χ0) is 23.1. The first-order chi connectivity index (χ1) is 16.7.